The summed E-state index contributed by atoms with van der Waals surface area (Å²) in [5.41, 5.74) is 3.04. The minimum absolute atomic E-state index is 0.647. The molecular formula is C15H13BrN2OS. The van der Waals surface area contributed by atoms with E-state index in [1.807, 2.05) is 47.9 Å². The van der Waals surface area contributed by atoms with E-state index >= 15 is 0 Å². The summed E-state index contributed by atoms with van der Waals surface area (Å²) < 4.78 is 9.26. The van der Waals surface area contributed by atoms with Gasteiger partial charge < -0.3 is 9.72 Å². The Labute approximate surface area is 130 Å². The highest BCUT2D eigenvalue weighted by atomic mass is 79.9. The number of aromatic nitrogens is 2. The van der Waals surface area contributed by atoms with Gasteiger partial charge in [-0.25, -0.2) is 0 Å². The first-order chi connectivity index (χ1) is 9.69. The lowest BCUT2D eigenvalue weighted by Crippen LogP contribution is -1.96. The van der Waals surface area contributed by atoms with Crippen LogP contribution < -0.4 is 4.74 Å². The van der Waals surface area contributed by atoms with Crippen molar-refractivity contribution < 1.29 is 4.74 Å². The Morgan fingerprint density at radius 2 is 2.10 bits per heavy atom. The van der Waals surface area contributed by atoms with E-state index in [-0.39, 0.29) is 0 Å². The summed E-state index contributed by atoms with van der Waals surface area (Å²) in [4.78, 5) is 3.22. The van der Waals surface area contributed by atoms with E-state index in [1.54, 1.807) is 0 Å². The van der Waals surface area contributed by atoms with Crippen molar-refractivity contribution >= 4 is 39.2 Å². The van der Waals surface area contributed by atoms with Gasteiger partial charge in [-0.05, 0) is 49.5 Å². The van der Waals surface area contributed by atoms with Crippen molar-refractivity contribution in [3.05, 3.63) is 51.7 Å². The Kier molecular flexibility index (Phi) is 3.63. The van der Waals surface area contributed by atoms with Crippen LogP contribution in [0.1, 0.15) is 6.92 Å². The van der Waals surface area contributed by atoms with Crippen LogP contribution in [-0.2, 0) is 0 Å². The van der Waals surface area contributed by atoms with Crippen molar-refractivity contribution in [2.24, 2.45) is 0 Å². The lowest BCUT2D eigenvalue weighted by Gasteiger charge is -2.08. The molecule has 0 radical (unpaired) electrons. The summed E-state index contributed by atoms with van der Waals surface area (Å²) in [5.74, 6) is 0.844. The van der Waals surface area contributed by atoms with Gasteiger partial charge in [-0.2, -0.15) is 0 Å². The number of aromatic amines is 1. The molecule has 0 aliphatic carbocycles. The third-order valence-corrected chi connectivity index (χ3v) is 3.81. The van der Waals surface area contributed by atoms with Gasteiger partial charge in [0.15, 0.2) is 4.77 Å². The van der Waals surface area contributed by atoms with E-state index in [2.05, 4.69) is 27.0 Å². The summed E-state index contributed by atoms with van der Waals surface area (Å²) in [6.45, 7) is 2.62. The summed E-state index contributed by atoms with van der Waals surface area (Å²) in [5, 5.41) is 0. The molecule has 0 fully saturated rings. The second-order valence-corrected chi connectivity index (χ2v) is 5.66. The van der Waals surface area contributed by atoms with Gasteiger partial charge in [0.2, 0.25) is 0 Å². The fourth-order valence-electron chi connectivity index (χ4n) is 2.21. The van der Waals surface area contributed by atoms with Crippen LogP contribution in [0.2, 0.25) is 0 Å². The summed E-state index contributed by atoms with van der Waals surface area (Å²) in [6, 6.07) is 14.0. The van der Waals surface area contributed by atoms with Crippen LogP contribution in [0.5, 0.6) is 5.75 Å². The molecule has 3 nitrogen and oxygen atoms in total. The molecule has 20 heavy (non-hydrogen) atoms. The van der Waals surface area contributed by atoms with E-state index in [0.717, 1.165) is 26.9 Å². The second kappa shape index (κ2) is 5.42. The van der Waals surface area contributed by atoms with Crippen molar-refractivity contribution in [1.82, 2.24) is 9.55 Å². The normalized spacial score (nSPS) is 10.9. The van der Waals surface area contributed by atoms with Gasteiger partial charge in [0, 0.05) is 10.5 Å². The maximum absolute atomic E-state index is 5.55. The quantitative estimate of drug-likeness (QED) is 0.685. The number of fused-ring (bicyclic) bond motifs is 1. The summed E-state index contributed by atoms with van der Waals surface area (Å²) in [6.07, 6.45) is 0. The Morgan fingerprint density at radius 3 is 2.90 bits per heavy atom. The maximum atomic E-state index is 5.55. The third-order valence-electron chi connectivity index (χ3n) is 3.03. The van der Waals surface area contributed by atoms with Crippen LogP contribution in [0.25, 0.3) is 16.7 Å². The molecule has 0 saturated heterocycles. The molecule has 0 aliphatic rings. The highest BCUT2D eigenvalue weighted by Gasteiger charge is 2.07. The zero-order valence-corrected chi connectivity index (χ0v) is 13.3. The molecule has 3 rings (SSSR count). The van der Waals surface area contributed by atoms with Crippen LogP contribution in [0, 0.1) is 4.77 Å². The van der Waals surface area contributed by atoms with Crippen molar-refractivity contribution in [3.8, 4) is 11.4 Å². The first-order valence-corrected chi connectivity index (χ1v) is 7.52. The van der Waals surface area contributed by atoms with E-state index in [4.69, 9.17) is 17.0 Å². The van der Waals surface area contributed by atoms with Gasteiger partial charge in [0.1, 0.15) is 5.75 Å². The number of hydrogen-bond acceptors (Lipinski definition) is 2. The lowest BCUT2D eigenvalue weighted by atomic mass is 10.2. The molecule has 0 unspecified atom stereocenters. The van der Waals surface area contributed by atoms with Gasteiger partial charge >= 0.3 is 0 Å². The fourth-order valence-corrected chi connectivity index (χ4v) is 2.87. The molecule has 1 heterocycles. The number of nitrogens with one attached hydrogen (secondary N) is 1. The number of ether oxygens (including phenoxy) is 1. The Morgan fingerprint density at radius 1 is 1.25 bits per heavy atom. The minimum Gasteiger partial charge on any atom is -0.494 e. The third kappa shape index (κ3) is 2.39. The highest BCUT2D eigenvalue weighted by Crippen LogP contribution is 2.25. The fraction of sp³-hybridized carbons (Fsp3) is 0.133. The van der Waals surface area contributed by atoms with Crippen LogP contribution in [0.4, 0.5) is 0 Å². The predicted molar refractivity (Wildman–Crippen MR) is 87.3 cm³/mol. The maximum Gasteiger partial charge on any atom is 0.182 e. The standard InChI is InChI=1S/C15H13BrN2OS/c1-2-19-12-5-3-4-11(9-12)18-14-8-10(16)6-7-13(14)17-15(18)20/h3-9H,2H2,1H3,(H,17,20). The predicted octanol–water partition coefficient (Wildman–Crippen LogP) is 4.85. The first-order valence-electron chi connectivity index (χ1n) is 6.32. The average molecular weight is 349 g/mol. The number of benzene rings is 2. The van der Waals surface area contributed by atoms with Crippen LogP contribution in [0.3, 0.4) is 0 Å². The molecule has 3 aromatic rings. The molecule has 0 aliphatic heterocycles. The molecule has 0 spiro atoms. The molecule has 0 saturated carbocycles. The van der Waals surface area contributed by atoms with Gasteiger partial charge in [0.05, 0.1) is 23.3 Å². The van der Waals surface area contributed by atoms with Gasteiger partial charge in [-0.1, -0.05) is 22.0 Å². The number of hydrogen-bond donors (Lipinski definition) is 1. The molecule has 0 bridgehead atoms. The number of halogens is 1. The first kappa shape index (κ1) is 13.4. The molecule has 5 heteroatoms. The van der Waals surface area contributed by atoms with Gasteiger partial charge in [-0.15, -0.1) is 0 Å². The molecule has 1 aromatic heterocycles. The Bertz CT molecular complexity index is 822. The Balaban J connectivity index is 2.23. The monoisotopic (exact) mass is 348 g/mol. The topological polar surface area (TPSA) is 29.9 Å². The molecule has 0 atom stereocenters. The molecule has 0 amide bonds. The largest absolute Gasteiger partial charge is 0.494 e. The smallest absolute Gasteiger partial charge is 0.182 e. The number of rotatable bonds is 3. The SMILES string of the molecule is CCOc1cccc(-n2c(=S)[nH]c3ccc(Br)cc32)c1. The van der Waals surface area contributed by atoms with Crippen LogP contribution in [0.15, 0.2) is 46.9 Å². The minimum atomic E-state index is 0.647. The number of nitrogens with zero attached hydrogens (tertiary/aromatic N) is 1. The zero-order valence-electron chi connectivity index (χ0n) is 10.9. The number of imidazole rings is 1. The molecule has 2 aromatic carbocycles. The van der Waals surface area contributed by atoms with E-state index in [9.17, 15) is 0 Å². The number of H-pyrrole nitrogens is 1. The lowest BCUT2D eigenvalue weighted by molar-refractivity contribution is 0.340. The summed E-state index contributed by atoms with van der Waals surface area (Å²) >= 11 is 8.94. The van der Waals surface area contributed by atoms with Crippen molar-refractivity contribution in [1.29, 1.82) is 0 Å². The summed E-state index contributed by atoms with van der Waals surface area (Å²) in [7, 11) is 0. The zero-order chi connectivity index (χ0) is 14.1. The van der Waals surface area contributed by atoms with Crippen LogP contribution in [-0.4, -0.2) is 16.2 Å². The van der Waals surface area contributed by atoms with Gasteiger partial charge in [0.25, 0.3) is 0 Å². The molecular weight excluding hydrogens is 336 g/mol. The second-order valence-electron chi connectivity index (χ2n) is 4.36. The molecule has 102 valence electrons. The van der Waals surface area contributed by atoms with Crippen LogP contribution >= 0.6 is 28.1 Å². The van der Waals surface area contributed by atoms with E-state index < -0.39 is 0 Å². The highest BCUT2D eigenvalue weighted by molar-refractivity contribution is 9.10. The van der Waals surface area contributed by atoms with E-state index in [1.165, 1.54) is 0 Å². The van der Waals surface area contributed by atoms with Crippen molar-refractivity contribution in [2.75, 3.05) is 6.61 Å². The molecule has 1 N–H and O–H groups in total. The van der Waals surface area contributed by atoms with Crippen molar-refractivity contribution in [2.45, 2.75) is 6.92 Å². The average Bonchev–Trinajstić information content (AvgIpc) is 2.75. The Hall–Kier alpha value is -1.59. The van der Waals surface area contributed by atoms with Crippen molar-refractivity contribution in [3.63, 3.8) is 0 Å². The van der Waals surface area contributed by atoms with E-state index in [0.29, 0.717) is 11.4 Å². The van der Waals surface area contributed by atoms with Gasteiger partial charge in [-0.3, -0.25) is 4.57 Å².